The first-order chi connectivity index (χ1) is 7.13. The lowest BCUT2D eigenvalue weighted by Gasteiger charge is -2.32. The summed E-state index contributed by atoms with van der Waals surface area (Å²) in [7, 11) is 1.98. The Balaban J connectivity index is 2.27. The summed E-state index contributed by atoms with van der Waals surface area (Å²) in [6.45, 7) is 2.69. The van der Waals surface area contributed by atoms with Gasteiger partial charge in [-0.2, -0.15) is 0 Å². The van der Waals surface area contributed by atoms with E-state index in [0.29, 0.717) is 25.2 Å². The lowest BCUT2D eigenvalue weighted by molar-refractivity contribution is -0.144. The van der Waals surface area contributed by atoms with Gasteiger partial charge in [-0.15, -0.1) is 0 Å². The van der Waals surface area contributed by atoms with E-state index in [9.17, 15) is 4.79 Å². The van der Waals surface area contributed by atoms with E-state index in [1.807, 2.05) is 14.0 Å². The Morgan fingerprint density at radius 3 is 2.53 bits per heavy atom. The second-order valence-corrected chi connectivity index (χ2v) is 4.29. The summed E-state index contributed by atoms with van der Waals surface area (Å²) in [5, 5.41) is 0. The van der Waals surface area contributed by atoms with Crippen LogP contribution < -0.4 is 5.73 Å². The van der Waals surface area contributed by atoms with E-state index in [4.69, 9.17) is 10.5 Å². The molecule has 1 fully saturated rings. The molecular formula is C11H22N2O2. The van der Waals surface area contributed by atoms with Gasteiger partial charge in [0.25, 0.3) is 0 Å². The molecule has 0 spiro atoms. The molecule has 4 nitrogen and oxygen atoms in total. The first-order valence-corrected chi connectivity index (χ1v) is 5.75. The first-order valence-electron chi connectivity index (χ1n) is 5.75. The molecule has 1 aliphatic carbocycles. The summed E-state index contributed by atoms with van der Waals surface area (Å²) < 4.78 is 4.92. The molecule has 1 aliphatic rings. The molecule has 0 unspecified atom stereocenters. The van der Waals surface area contributed by atoms with Crippen molar-refractivity contribution in [2.75, 3.05) is 20.2 Å². The van der Waals surface area contributed by atoms with Crippen LogP contribution in [-0.2, 0) is 9.53 Å². The van der Waals surface area contributed by atoms with Crippen molar-refractivity contribution < 1.29 is 9.53 Å². The zero-order valence-electron chi connectivity index (χ0n) is 9.74. The van der Waals surface area contributed by atoms with Crippen molar-refractivity contribution in [2.45, 2.75) is 44.7 Å². The van der Waals surface area contributed by atoms with Crippen LogP contribution in [-0.4, -0.2) is 43.2 Å². The third kappa shape index (κ3) is 4.18. The number of carbonyl (C=O) groups excluding carboxylic acids is 1. The Morgan fingerprint density at radius 1 is 1.40 bits per heavy atom. The summed E-state index contributed by atoms with van der Waals surface area (Å²) in [6, 6.07) is 0.853. The average Bonchev–Trinajstić information content (AvgIpc) is 2.18. The van der Waals surface area contributed by atoms with Crippen molar-refractivity contribution in [1.29, 1.82) is 0 Å². The van der Waals surface area contributed by atoms with E-state index in [2.05, 4.69) is 4.90 Å². The maximum Gasteiger partial charge on any atom is 0.320 e. The number of rotatable bonds is 4. The summed E-state index contributed by atoms with van der Waals surface area (Å²) in [4.78, 5) is 13.4. The third-order valence-electron chi connectivity index (χ3n) is 3.05. The minimum absolute atomic E-state index is 0.130. The minimum Gasteiger partial charge on any atom is -0.465 e. The molecule has 88 valence electrons. The standard InChI is InChI=1S/C11H22N2O2/c1-3-15-11(14)8-13(2)10-6-4-9(12)5-7-10/h9-10H,3-8,12H2,1-2H3. The number of hydrogen-bond acceptors (Lipinski definition) is 4. The number of nitrogens with zero attached hydrogens (tertiary/aromatic N) is 1. The summed E-state index contributed by atoms with van der Waals surface area (Å²) in [5.74, 6) is -0.130. The Labute approximate surface area is 91.8 Å². The van der Waals surface area contributed by atoms with Crippen LogP contribution in [0, 0.1) is 0 Å². The average molecular weight is 214 g/mol. The molecule has 0 aromatic carbocycles. The van der Waals surface area contributed by atoms with Crippen molar-refractivity contribution in [3.8, 4) is 0 Å². The van der Waals surface area contributed by atoms with Gasteiger partial charge in [-0.05, 0) is 39.7 Å². The van der Waals surface area contributed by atoms with Crippen LogP contribution in [0.3, 0.4) is 0 Å². The predicted molar refractivity (Wildman–Crippen MR) is 59.5 cm³/mol. The van der Waals surface area contributed by atoms with Crippen LogP contribution >= 0.6 is 0 Å². The van der Waals surface area contributed by atoms with Gasteiger partial charge in [0.1, 0.15) is 0 Å². The fourth-order valence-electron chi connectivity index (χ4n) is 2.08. The van der Waals surface area contributed by atoms with E-state index >= 15 is 0 Å². The summed E-state index contributed by atoms with van der Waals surface area (Å²) in [6.07, 6.45) is 4.32. The van der Waals surface area contributed by atoms with Gasteiger partial charge >= 0.3 is 5.97 Å². The maximum atomic E-state index is 11.3. The van der Waals surface area contributed by atoms with Crippen LogP contribution in [0.15, 0.2) is 0 Å². The fraction of sp³-hybridized carbons (Fsp3) is 0.909. The Kier molecular flexibility index (Phi) is 5.05. The zero-order chi connectivity index (χ0) is 11.3. The zero-order valence-corrected chi connectivity index (χ0v) is 9.74. The lowest BCUT2D eigenvalue weighted by Crippen LogP contribution is -2.41. The minimum atomic E-state index is -0.130. The SMILES string of the molecule is CCOC(=O)CN(C)C1CCC(N)CC1. The topological polar surface area (TPSA) is 55.6 Å². The van der Waals surface area contributed by atoms with E-state index in [0.717, 1.165) is 25.7 Å². The first kappa shape index (κ1) is 12.5. The van der Waals surface area contributed by atoms with Gasteiger partial charge in [0, 0.05) is 12.1 Å². The number of nitrogens with two attached hydrogens (primary N) is 1. The molecule has 0 bridgehead atoms. The van der Waals surface area contributed by atoms with Crippen molar-refractivity contribution in [1.82, 2.24) is 4.90 Å². The quantitative estimate of drug-likeness (QED) is 0.702. The van der Waals surface area contributed by atoms with Crippen molar-refractivity contribution in [2.24, 2.45) is 5.73 Å². The highest BCUT2D eigenvalue weighted by Gasteiger charge is 2.23. The summed E-state index contributed by atoms with van der Waals surface area (Å²) >= 11 is 0. The normalized spacial score (nSPS) is 26.7. The molecular weight excluding hydrogens is 192 g/mol. The van der Waals surface area contributed by atoms with E-state index in [-0.39, 0.29) is 5.97 Å². The smallest absolute Gasteiger partial charge is 0.320 e. The van der Waals surface area contributed by atoms with Crippen molar-refractivity contribution >= 4 is 5.97 Å². The lowest BCUT2D eigenvalue weighted by atomic mass is 9.91. The molecule has 1 rings (SSSR count). The van der Waals surface area contributed by atoms with Gasteiger partial charge < -0.3 is 10.5 Å². The maximum absolute atomic E-state index is 11.3. The molecule has 2 N–H and O–H groups in total. The Morgan fingerprint density at radius 2 is 2.00 bits per heavy atom. The summed E-state index contributed by atoms with van der Waals surface area (Å²) in [5.41, 5.74) is 5.84. The van der Waals surface area contributed by atoms with Gasteiger partial charge in [0.2, 0.25) is 0 Å². The molecule has 0 saturated heterocycles. The molecule has 0 radical (unpaired) electrons. The molecule has 0 heterocycles. The van der Waals surface area contributed by atoms with Crippen LogP contribution in [0.4, 0.5) is 0 Å². The molecule has 15 heavy (non-hydrogen) atoms. The highest BCUT2D eigenvalue weighted by Crippen LogP contribution is 2.20. The Bertz CT molecular complexity index is 201. The second-order valence-electron chi connectivity index (χ2n) is 4.29. The highest BCUT2D eigenvalue weighted by atomic mass is 16.5. The van der Waals surface area contributed by atoms with E-state index < -0.39 is 0 Å². The number of hydrogen-bond donors (Lipinski definition) is 1. The molecule has 0 aromatic heterocycles. The van der Waals surface area contributed by atoms with Gasteiger partial charge in [-0.1, -0.05) is 0 Å². The van der Waals surface area contributed by atoms with Crippen LogP contribution in [0.2, 0.25) is 0 Å². The number of ether oxygens (including phenoxy) is 1. The van der Waals surface area contributed by atoms with Gasteiger partial charge in [0.05, 0.1) is 13.2 Å². The molecule has 4 heteroatoms. The van der Waals surface area contributed by atoms with Crippen LogP contribution in [0.25, 0.3) is 0 Å². The highest BCUT2D eigenvalue weighted by molar-refractivity contribution is 5.71. The van der Waals surface area contributed by atoms with Gasteiger partial charge in [0.15, 0.2) is 0 Å². The van der Waals surface area contributed by atoms with E-state index in [1.54, 1.807) is 0 Å². The van der Waals surface area contributed by atoms with E-state index in [1.165, 1.54) is 0 Å². The molecule has 0 atom stereocenters. The largest absolute Gasteiger partial charge is 0.465 e. The van der Waals surface area contributed by atoms with Crippen LogP contribution in [0.5, 0.6) is 0 Å². The number of likely N-dealkylation sites (N-methyl/N-ethyl adjacent to an activating group) is 1. The van der Waals surface area contributed by atoms with Gasteiger partial charge in [-0.3, -0.25) is 9.69 Å². The van der Waals surface area contributed by atoms with Crippen LogP contribution in [0.1, 0.15) is 32.6 Å². The molecule has 0 amide bonds. The number of esters is 1. The fourth-order valence-corrected chi connectivity index (χ4v) is 2.08. The van der Waals surface area contributed by atoms with Crippen molar-refractivity contribution in [3.63, 3.8) is 0 Å². The molecule has 1 saturated carbocycles. The predicted octanol–water partition coefficient (Wildman–Crippen LogP) is 0.751. The molecule has 0 aromatic rings. The third-order valence-corrected chi connectivity index (χ3v) is 3.05. The number of carbonyl (C=O) groups is 1. The Hall–Kier alpha value is -0.610. The molecule has 0 aliphatic heterocycles. The second kappa shape index (κ2) is 6.08. The van der Waals surface area contributed by atoms with Crippen molar-refractivity contribution in [3.05, 3.63) is 0 Å². The monoisotopic (exact) mass is 214 g/mol. The van der Waals surface area contributed by atoms with Gasteiger partial charge in [-0.25, -0.2) is 0 Å².